The first-order chi connectivity index (χ1) is 8.24. The van der Waals surface area contributed by atoms with Crippen molar-refractivity contribution in [2.45, 2.75) is 12.6 Å². The number of hydrogen-bond donors (Lipinski definition) is 2. The van der Waals surface area contributed by atoms with Crippen LogP contribution in [0.3, 0.4) is 0 Å². The van der Waals surface area contributed by atoms with Crippen molar-refractivity contribution in [2.24, 2.45) is 0 Å². The van der Waals surface area contributed by atoms with Gasteiger partial charge in [0, 0.05) is 0 Å². The molecule has 0 bridgehead atoms. The maximum atomic E-state index is 12.0. The van der Waals surface area contributed by atoms with E-state index in [1.54, 1.807) is 5.32 Å². The summed E-state index contributed by atoms with van der Waals surface area (Å²) >= 11 is 0.638. The van der Waals surface area contributed by atoms with Crippen LogP contribution in [-0.4, -0.2) is 30.1 Å². The predicted molar refractivity (Wildman–Crippen MR) is 56.9 cm³/mol. The Balaban J connectivity index is 2.79. The van der Waals surface area contributed by atoms with Crippen molar-refractivity contribution >= 4 is 33.3 Å². The number of rotatable bonds is 3. The lowest BCUT2D eigenvalue weighted by Crippen LogP contribution is -2.29. The molecule has 0 saturated carbocycles. The Morgan fingerprint density at radius 3 is 2.61 bits per heavy atom. The number of methoxy groups -OCH3 is 1. The number of ether oxygens (including phenoxy) is 1. The summed E-state index contributed by atoms with van der Waals surface area (Å²) < 4.78 is 40.3. The van der Waals surface area contributed by atoms with Gasteiger partial charge in [-0.15, -0.1) is 0 Å². The maximum absolute atomic E-state index is 12.0. The van der Waals surface area contributed by atoms with Crippen molar-refractivity contribution in [3.63, 3.8) is 0 Å². The Kier molecular flexibility index (Phi) is 4.11. The van der Waals surface area contributed by atoms with Gasteiger partial charge in [-0.1, -0.05) is 11.3 Å². The number of amides is 1. The molecule has 10 heteroatoms. The zero-order valence-electron chi connectivity index (χ0n) is 9.00. The van der Waals surface area contributed by atoms with Gasteiger partial charge in [0.25, 0.3) is 0 Å². The van der Waals surface area contributed by atoms with Crippen molar-refractivity contribution in [1.29, 1.82) is 0 Å². The van der Waals surface area contributed by atoms with E-state index in [0.29, 0.717) is 11.3 Å². The van der Waals surface area contributed by atoms with Crippen LogP contribution in [-0.2, 0) is 20.7 Å². The second-order valence-corrected chi connectivity index (χ2v) is 4.07. The number of nitrogens with zero attached hydrogens (tertiary/aromatic N) is 1. The number of esters is 1. The van der Waals surface area contributed by atoms with Crippen LogP contribution < -0.4 is 11.1 Å². The summed E-state index contributed by atoms with van der Waals surface area (Å²) in [4.78, 5) is 25.2. The molecule has 1 aromatic rings. The normalized spacial score (nSPS) is 11.1. The van der Waals surface area contributed by atoms with Crippen LogP contribution in [0.2, 0.25) is 0 Å². The largest absolute Gasteiger partial charge is 0.471 e. The third kappa shape index (κ3) is 3.58. The van der Waals surface area contributed by atoms with Gasteiger partial charge < -0.3 is 10.5 Å². The molecule has 0 spiro atoms. The second-order valence-electron chi connectivity index (χ2n) is 3.03. The summed E-state index contributed by atoms with van der Waals surface area (Å²) in [5.74, 6) is -2.79. The number of carbonyl (C=O) groups excluding carboxylic acids is 2. The number of nitrogens with one attached hydrogen (secondary N) is 1. The van der Waals surface area contributed by atoms with Crippen molar-refractivity contribution in [1.82, 2.24) is 4.98 Å². The van der Waals surface area contributed by atoms with Gasteiger partial charge in [-0.05, 0) is 0 Å². The van der Waals surface area contributed by atoms with E-state index in [1.165, 1.54) is 0 Å². The monoisotopic (exact) mass is 283 g/mol. The number of nitrogen functional groups attached to an aromatic ring is 1. The highest BCUT2D eigenvalue weighted by molar-refractivity contribution is 7.19. The number of nitrogens with two attached hydrogens (primary N) is 1. The number of anilines is 2. The molecular weight excluding hydrogens is 275 g/mol. The van der Waals surface area contributed by atoms with Gasteiger partial charge >= 0.3 is 18.1 Å². The first-order valence-electron chi connectivity index (χ1n) is 4.44. The van der Waals surface area contributed by atoms with Gasteiger partial charge in [-0.25, -0.2) is 4.98 Å². The van der Waals surface area contributed by atoms with Gasteiger partial charge in [-0.3, -0.25) is 14.9 Å². The van der Waals surface area contributed by atoms with E-state index in [2.05, 4.69) is 9.72 Å². The summed E-state index contributed by atoms with van der Waals surface area (Å²) in [6, 6.07) is 0. The molecule has 6 nitrogen and oxygen atoms in total. The van der Waals surface area contributed by atoms with Crippen LogP contribution in [0.4, 0.5) is 23.3 Å². The molecule has 100 valence electrons. The molecule has 3 N–H and O–H groups in total. The van der Waals surface area contributed by atoms with Gasteiger partial charge in [0.2, 0.25) is 0 Å². The van der Waals surface area contributed by atoms with Crippen molar-refractivity contribution in [3.05, 3.63) is 5.69 Å². The molecule has 1 amide bonds. The number of halogens is 3. The van der Waals surface area contributed by atoms with Crippen molar-refractivity contribution in [3.8, 4) is 0 Å². The number of alkyl halides is 3. The molecular formula is C8H8F3N3O3S. The van der Waals surface area contributed by atoms with Gasteiger partial charge in [0.05, 0.1) is 19.2 Å². The minimum absolute atomic E-state index is 0.0397. The predicted octanol–water partition coefficient (Wildman–Crippen LogP) is 0.942. The fourth-order valence-electron chi connectivity index (χ4n) is 0.921. The molecule has 0 radical (unpaired) electrons. The fourth-order valence-corrected chi connectivity index (χ4v) is 1.66. The first-order valence-corrected chi connectivity index (χ1v) is 5.26. The molecule has 0 aromatic carbocycles. The highest BCUT2D eigenvalue weighted by atomic mass is 32.1. The summed E-state index contributed by atoms with van der Waals surface area (Å²) in [7, 11) is 1.15. The Hall–Kier alpha value is -1.84. The highest BCUT2D eigenvalue weighted by Gasteiger charge is 2.39. The second kappa shape index (κ2) is 5.21. The third-order valence-electron chi connectivity index (χ3n) is 1.74. The lowest BCUT2D eigenvalue weighted by Gasteiger charge is -2.04. The van der Waals surface area contributed by atoms with E-state index in [9.17, 15) is 22.8 Å². The average molecular weight is 283 g/mol. The minimum atomic E-state index is -5.01. The smallest absolute Gasteiger partial charge is 0.469 e. The lowest BCUT2D eigenvalue weighted by atomic mass is 10.3. The summed E-state index contributed by atoms with van der Waals surface area (Å²) in [6.45, 7) is 0. The standard InChI is InChI=1S/C8H8F3N3O3S/c1-17-4(15)2-3-5(12)18-7(13-3)14-6(16)8(9,10)11/h2,12H2,1H3,(H,13,14,16). The molecule has 0 unspecified atom stereocenters. The van der Waals surface area contributed by atoms with Crippen molar-refractivity contribution < 1.29 is 27.5 Å². The van der Waals surface area contributed by atoms with Crippen LogP contribution in [0.15, 0.2) is 0 Å². The van der Waals surface area contributed by atoms with Gasteiger partial charge in [0.15, 0.2) is 5.13 Å². The van der Waals surface area contributed by atoms with Crippen LogP contribution >= 0.6 is 11.3 Å². The van der Waals surface area contributed by atoms with E-state index in [1.807, 2.05) is 0 Å². The SMILES string of the molecule is COC(=O)Cc1nc(NC(=O)C(F)(F)F)sc1N. The van der Waals surface area contributed by atoms with Crippen LogP contribution in [0.5, 0.6) is 0 Å². The van der Waals surface area contributed by atoms with E-state index in [-0.39, 0.29) is 22.2 Å². The molecule has 0 atom stereocenters. The average Bonchev–Trinajstić information content (AvgIpc) is 2.57. The summed E-state index contributed by atoms with van der Waals surface area (Å²) in [5.41, 5.74) is 5.50. The number of aromatic nitrogens is 1. The quantitative estimate of drug-likeness (QED) is 0.805. The third-order valence-corrected chi connectivity index (χ3v) is 2.59. The van der Waals surface area contributed by atoms with E-state index in [0.717, 1.165) is 7.11 Å². The molecule has 0 saturated heterocycles. The number of hydrogen-bond acceptors (Lipinski definition) is 6. The molecule has 0 aliphatic rings. The van der Waals surface area contributed by atoms with Crippen LogP contribution in [0.1, 0.15) is 5.69 Å². The lowest BCUT2D eigenvalue weighted by molar-refractivity contribution is -0.167. The molecule has 1 heterocycles. The molecule has 0 fully saturated rings. The Morgan fingerprint density at radius 1 is 1.50 bits per heavy atom. The molecule has 1 aromatic heterocycles. The summed E-state index contributed by atoms with van der Waals surface area (Å²) in [5, 5.41) is 1.26. The Labute approximate surface area is 103 Å². The molecule has 0 aliphatic carbocycles. The number of thiazole rings is 1. The highest BCUT2D eigenvalue weighted by Crippen LogP contribution is 2.27. The first kappa shape index (κ1) is 14.2. The van der Waals surface area contributed by atoms with Crippen molar-refractivity contribution in [2.75, 3.05) is 18.2 Å². The Bertz CT molecular complexity index is 472. The molecule has 18 heavy (non-hydrogen) atoms. The van der Waals surface area contributed by atoms with E-state index >= 15 is 0 Å². The van der Waals surface area contributed by atoms with E-state index < -0.39 is 18.1 Å². The maximum Gasteiger partial charge on any atom is 0.471 e. The van der Waals surface area contributed by atoms with Crippen LogP contribution in [0, 0.1) is 0 Å². The van der Waals surface area contributed by atoms with Gasteiger partial charge in [0.1, 0.15) is 5.00 Å². The molecule has 1 rings (SSSR count). The van der Waals surface area contributed by atoms with Gasteiger partial charge in [-0.2, -0.15) is 13.2 Å². The molecule has 0 aliphatic heterocycles. The minimum Gasteiger partial charge on any atom is -0.469 e. The summed E-state index contributed by atoms with van der Waals surface area (Å²) in [6.07, 6.45) is -5.29. The van der Waals surface area contributed by atoms with Crippen LogP contribution in [0.25, 0.3) is 0 Å². The zero-order chi connectivity index (χ0) is 13.9. The topological polar surface area (TPSA) is 94.3 Å². The number of carbonyl (C=O) groups is 2. The fraction of sp³-hybridized carbons (Fsp3) is 0.375. The Morgan fingerprint density at radius 2 is 2.11 bits per heavy atom. The zero-order valence-corrected chi connectivity index (χ0v) is 9.82. The van der Waals surface area contributed by atoms with E-state index in [4.69, 9.17) is 5.73 Å².